The number of quaternary nitrogens is 2. The lowest BCUT2D eigenvalue weighted by molar-refractivity contribution is -0.876. The van der Waals surface area contributed by atoms with Gasteiger partial charge < -0.3 is 20.3 Å². The number of carbonyl (C=O) groups excluding carboxylic acids is 2. The van der Waals surface area contributed by atoms with Crippen LogP contribution in [0.5, 0.6) is 0 Å². The minimum absolute atomic E-state index is 0.0981. The number of fused-ring (bicyclic) bond motifs is 1. The number of aryl methyl sites for hydroxylation is 1. The first kappa shape index (κ1) is 22.5. The first-order valence-electron chi connectivity index (χ1n) is 10.8. The highest BCUT2D eigenvalue weighted by molar-refractivity contribution is 7.17. The Hall–Kier alpha value is -2.22. The third kappa shape index (κ3) is 5.47. The number of hydrogen-bond donors (Lipinski definition) is 3. The molecule has 0 spiro atoms. The highest BCUT2D eigenvalue weighted by atomic mass is 32.1. The van der Waals surface area contributed by atoms with Crippen LogP contribution in [0.2, 0.25) is 0 Å². The summed E-state index contributed by atoms with van der Waals surface area (Å²) in [6.07, 6.45) is 4.02. The Morgan fingerprint density at radius 1 is 1.20 bits per heavy atom. The molecule has 6 nitrogen and oxygen atoms in total. The highest BCUT2D eigenvalue weighted by Crippen LogP contribution is 2.38. The van der Waals surface area contributed by atoms with E-state index in [9.17, 15) is 9.59 Å². The van der Waals surface area contributed by atoms with Crippen molar-refractivity contribution in [3.05, 3.63) is 51.9 Å². The van der Waals surface area contributed by atoms with E-state index in [1.807, 2.05) is 37.3 Å². The monoisotopic (exact) mass is 431 g/mol. The van der Waals surface area contributed by atoms with Crippen molar-refractivity contribution in [2.24, 2.45) is 0 Å². The van der Waals surface area contributed by atoms with Crippen LogP contribution in [0.1, 0.15) is 52.2 Å². The molecule has 1 aromatic carbocycles. The van der Waals surface area contributed by atoms with Gasteiger partial charge in [0.05, 0.1) is 26.3 Å². The molecule has 0 fully saturated rings. The van der Waals surface area contributed by atoms with Gasteiger partial charge in [0.25, 0.3) is 5.91 Å². The minimum atomic E-state index is -0.361. The zero-order valence-corrected chi connectivity index (χ0v) is 18.9. The summed E-state index contributed by atoms with van der Waals surface area (Å²) in [5.74, 6) is -0.428. The average molecular weight is 432 g/mol. The molecule has 3 rings (SSSR count). The van der Waals surface area contributed by atoms with E-state index in [-0.39, 0.29) is 17.9 Å². The Morgan fingerprint density at radius 3 is 2.63 bits per heavy atom. The van der Waals surface area contributed by atoms with Gasteiger partial charge in [-0.1, -0.05) is 30.3 Å². The van der Waals surface area contributed by atoms with Crippen LogP contribution in [0.15, 0.2) is 30.3 Å². The summed E-state index contributed by atoms with van der Waals surface area (Å²) in [6.45, 7) is 3.92. The SMILES string of the molecule is CCOC(=O)c1c(NC(=O)[C@H]([NH2+]CC[NH+](C)C)c2ccccc2)sc2c1CCCC2. The van der Waals surface area contributed by atoms with Crippen molar-refractivity contribution in [3.63, 3.8) is 0 Å². The number of carbonyl (C=O) groups is 2. The predicted molar refractivity (Wildman–Crippen MR) is 119 cm³/mol. The fourth-order valence-corrected chi connectivity index (χ4v) is 5.14. The van der Waals surface area contributed by atoms with Gasteiger partial charge in [0, 0.05) is 10.4 Å². The van der Waals surface area contributed by atoms with E-state index in [2.05, 4.69) is 24.7 Å². The summed E-state index contributed by atoms with van der Waals surface area (Å²) in [5.41, 5.74) is 2.59. The number of esters is 1. The Kier molecular flexibility index (Phi) is 8.01. The third-order valence-electron chi connectivity index (χ3n) is 5.38. The zero-order chi connectivity index (χ0) is 21.5. The van der Waals surface area contributed by atoms with Crippen LogP contribution in [0.4, 0.5) is 5.00 Å². The quantitative estimate of drug-likeness (QED) is 0.522. The molecule has 4 N–H and O–H groups in total. The summed E-state index contributed by atoms with van der Waals surface area (Å²) in [5, 5.41) is 5.80. The van der Waals surface area contributed by atoms with Crippen LogP contribution in [0, 0.1) is 0 Å². The Morgan fingerprint density at radius 2 is 1.93 bits per heavy atom. The molecule has 1 heterocycles. The molecule has 0 aliphatic heterocycles. The molecule has 0 saturated heterocycles. The molecule has 1 aromatic heterocycles. The number of rotatable bonds is 9. The van der Waals surface area contributed by atoms with Crippen molar-refractivity contribution in [2.45, 2.75) is 38.6 Å². The second kappa shape index (κ2) is 10.7. The molecule has 7 heteroatoms. The predicted octanol–water partition coefficient (Wildman–Crippen LogP) is 1.19. The van der Waals surface area contributed by atoms with Gasteiger partial charge >= 0.3 is 5.97 Å². The van der Waals surface area contributed by atoms with Crippen molar-refractivity contribution in [1.82, 2.24) is 0 Å². The molecular formula is C23H33N3O3S+2. The Bertz CT molecular complexity index is 864. The molecule has 0 bridgehead atoms. The van der Waals surface area contributed by atoms with Gasteiger partial charge in [-0.25, -0.2) is 4.79 Å². The molecule has 0 saturated carbocycles. The van der Waals surface area contributed by atoms with Gasteiger partial charge in [0.2, 0.25) is 0 Å². The zero-order valence-electron chi connectivity index (χ0n) is 18.1. The van der Waals surface area contributed by atoms with Crippen molar-refractivity contribution >= 4 is 28.2 Å². The number of likely N-dealkylation sites (N-methyl/N-ethyl adjacent to an activating group) is 1. The molecule has 162 valence electrons. The number of thiophene rings is 1. The second-order valence-electron chi connectivity index (χ2n) is 7.99. The van der Waals surface area contributed by atoms with Gasteiger partial charge in [0.15, 0.2) is 6.04 Å². The number of benzene rings is 1. The number of anilines is 1. The number of ether oxygens (including phenoxy) is 1. The first-order valence-corrected chi connectivity index (χ1v) is 11.6. The summed E-state index contributed by atoms with van der Waals surface area (Å²) >= 11 is 1.54. The summed E-state index contributed by atoms with van der Waals surface area (Å²) in [7, 11) is 4.21. The number of nitrogens with one attached hydrogen (secondary N) is 2. The van der Waals surface area contributed by atoms with Crippen LogP contribution in [0.3, 0.4) is 0 Å². The standard InChI is InChI=1S/C23H31N3O3S/c1-4-29-23(28)19-17-12-8-9-13-18(17)30-22(19)25-21(27)20(24-14-15-26(2)3)16-10-6-5-7-11-16/h5-7,10-11,20,24H,4,8-9,12-15H2,1-3H3,(H,25,27)/p+2/t20-/m1/s1. The third-order valence-corrected chi connectivity index (χ3v) is 6.58. The lowest BCUT2D eigenvalue weighted by Crippen LogP contribution is -3.09. The molecular weight excluding hydrogens is 398 g/mol. The molecule has 0 unspecified atom stereocenters. The fraction of sp³-hybridized carbons (Fsp3) is 0.478. The van der Waals surface area contributed by atoms with Gasteiger partial charge in [-0.3, -0.25) is 4.79 Å². The lowest BCUT2D eigenvalue weighted by atomic mass is 9.95. The van der Waals surface area contributed by atoms with E-state index in [4.69, 9.17) is 4.74 Å². The van der Waals surface area contributed by atoms with Crippen molar-refractivity contribution in [1.29, 1.82) is 0 Å². The largest absolute Gasteiger partial charge is 0.462 e. The molecule has 1 aliphatic carbocycles. The van der Waals surface area contributed by atoms with E-state index < -0.39 is 0 Å². The van der Waals surface area contributed by atoms with Crippen LogP contribution >= 0.6 is 11.3 Å². The van der Waals surface area contributed by atoms with Gasteiger partial charge in [-0.2, -0.15) is 0 Å². The van der Waals surface area contributed by atoms with E-state index in [1.165, 1.54) is 21.1 Å². The molecule has 1 aliphatic rings. The van der Waals surface area contributed by atoms with Crippen LogP contribution in [-0.4, -0.2) is 45.7 Å². The maximum atomic E-state index is 13.3. The van der Waals surface area contributed by atoms with E-state index in [1.54, 1.807) is 0 Å². The molecule has 2 aromatic rings. The molecule has 1 atom stereocenters. The van der Waals surface area contributed by atoms with Gasteiger partial charge in [-0.15, -0.1) is 11.3 Å². The topological polar surface area (TPSA) is 76.4 Å². The van der Waals surface area contributed by atoms with E-state index in [0.29, 0.717) is 17.2 Å². The first-order chi connectivity index (χ1) is 14.5. The van der Waals surface area contributed by atoms with Crippen LogP contribution in [-0.2, 0) is 22.4 Å². The maximum absolute atomic E-state index is 13.3. The number of amides is 1. The number of nitrogens with two attached hydrogens (primary N) is 1. The number of hydrogen-bond acceptors (Lipinski definition) is 4. The highest BCUT2D eigenvalue weighted by Gasteiger charge is 2.30. The van der Waals surface area contributed by atoms with Crippen LogP contribution in [0.25, 0.3) is 0 Å². The molecule has 30 heavy (non-hydrogen) atoms. The second-order valence-corrected chi connectivity index (χ2v) is 9.10. The summed E-state index contributed by atoms with van der Waals surface area (Å²) in [4.78, 5) is 28.6. The molecule has 1 amide bonds. The smallest absolute Gasteiger partial charge is 0.341 e. The Balaban J connectivity index is 1.86. The maximum Gasteiger partial charge on any atom is 0.341 e. The van der Waals surface area contributed by atoms with E-state index >= 15 is 0 Å². The van der Waals surface area contributed by atoms with Crippen LogP contribution < -0.4 is 15.5 Å². The van der Waals surface area contributed by atoms with Crippen molar-refractivity contribution in [2.75, 3.05) is 39.1 Å². The van der Waals surface area contributed by atoms with Crippen molar-refractivity contribution < 1.29 is 24.5 Å². The minimum Gasteiger partial charge on any atom is -0.462 e. The van der Waals surface area contributed by atoms with Gasteiger partial charge in [-0.05, 0) is 38.2 Å². The van der Waals surface area contributed by atoms with E-state index in [0.717, 1.165) is 49.9 Å². The average Bonchev–Trinajstić information content (AvgIpc) is 3.09. The van der Waals surface area contributed by atoms with Crippen molar-refractivity contribution in [3.8, 4) is 0 Å². The Labute approximate surface area is 182 Å². The summed E-state index contributed by atoms with van der Waals surface area (Å²) in [6, 6.07) is 9.46. The summed E-state index contributed by atoms with van der Waals surface area (Å²) < 4.78 is 5.32. The fourth-order valence-electron chi connectivity index (χ4n) is 3.86. The lowest BCUT2D eigenvalue weighted by Gasteiger charge is -2.17. The normalized spacial score (nSPS) is 14.3. The van der Waals surface area contributed by atoms with Gasteiger partial charge in [0.1, 0.15) is 18.1 Å². The molecule has 0 radical (unpaired) electrons.